The van der Waals surface area contributed by atoms with Gasteiger partial charge in [-0.05, 0) is 44.5 Å². The first-order chi connectivity index (χ1) is 11.9. The lowest BCUT2D eigenvalue weighted by Crippen LogP contribution is -2.33. The third-order valence-corrected chi connectivity index (χ3v) is 4.50. The third kappa shape index (κ3) is 3.17. The van der Waals surface area contributed by atoms with Gasteiger partial charge in [-0.25, -0.2) is 4.98 Å². The Labute approximate surface area is 149 Å². The molecule has 0 radical (unpaired) electrons. The Balaban J connectivity index is 1.97. The number of carbonyl (C=O) groups is 1. The Morgan fingerprint density at radius 3 is 2.64 bits per heavy atom. The van der Waals surface area contributed by atoms with E-state index in [4.69, 9.17) is 16.0 Å². The van der Waals surface area contributed by atoms with Crippen molar-refractivity contribution in [1.29, 1.82) is 0 Å². The second kappa shape index (κ2) is 6.72. The predicted molar refractivity (Wildman–Crippen MR) is 97.2 cm³/mol. The lowest BCUT2D eigenvalue weighted by Gasteiger charge is -2.17. The van der Waals surface area contributed by atoms with Gasteiger partial charge in [0.15, 0.2) is 0 Å². The van der Waals surface area contributed by atoms with Gasteiger partial charge in [0, 0.05) is 16.3 Å². The monoisotopic (exact) mass is 359 g/mol. The first-order valence-electron chi connectivity index (χ1n) is 7.95. The van der Waals surface area contributed by atoms with Crippen LogP contribution in [-0.2, 0) is 4.79 Å². The highest BCUT2D eigenvalue weighted by Gasteiger charge is 2.23. The van der Waals surface area contributed by atoms with Crippen LogP contribution in [0, 0.1) is 13.8 Å². The fourth-order valence-corrected chi connectivity index (χ4v) is 2.86. The maximum Gasteiger partial charge on any atom is 0.265 e. The minimum Gasteiger partial charge on any atom is -0.443 e. The van der Waals surface area contributed by atoms with E-state index < -0.39 is 6.04 Å². The van der Waals surface area contributed by atoms with E-state index in [1.54, 1.807) is 31.2 Å². The van der Waals surface area contributed by atoms with E-state index in [1.807, 2.05) is 13.8 Å². The molecule has 0 unspecified atom stereocenters. The number of anilines is 1. The third-order valence-electron chi connectivity index (χ3n) is 4.25. The molecule has 3 aromatic rings. The zero-order valence-corrected chi connectivity index (χ0v) is 14.9. The molecule has 0 saturated carbocycles. The molecule has 2 heterocycles. The number of benzene rings is 1. The van der Waals surface area contributed by atoms with Crippen LogP contribution in [0.3, 0.4) is 0 Å². The molecule has 1 N–H and O–H groups in total. The van der Waals surface area contributed by atoms with E-state index in [1.165, 1.54) is 10.9 Å². The minimum atomic E-state index is -0.672. The van der Waals surface area contributed by atoms with Gasteiger partial charge in [-0.3, -0.25) is 14.2 Å². The van der Waals surface area contributed by atoms with Crippen LogP contribution in [0.25, 0.3) is 11.1 Å². The molecule has 6 nitrogen and oxygen atoms in total. The van der Waals surface area contributed by atoms with Gasteiger partial charge in [0.2, 0.25) is 11.6 Å². The molecule has 0 aliphatic rings. The largest absolute Gasteiger partial charge is 0.443 e. The Kier molecular flexibility index (Phi) is 4.63. The maximum atomic E-state index is 12.8. The van der Waals surface area contributed by atoms with Gasteiger partial charge in [0.25, 0.3) is 5.56 Å². The summed E-state index contributed by atoms with van der Waals surface area (Å²) in [5.41, 5.74) is 1.38. The summed E-state index contributed by atoms with van der Waals surface area (Å²) in [5, 5.41) is 3.80. The number of nitrogens with zero attached hydrogens (tertiary/aromatic N) is 2. The lowest BCUT2D eigenvalue weighted by molar-refractivity contribution is -0.119. The molecule has 0 fully saturated rings. The highest BCUT2D eigenvalue weighted by Crippen LogP contribution is 2.21. The number of aryl methyl sites for hydroxylation is 2. The normalized spacial score (nSPS) is 12.3. The number of carbonyl (C=O) groups excluding carboxylic acids is 1. The summed E-state index contributed by atoms with van der Waals surface area (Å²) in [6, 6.07) is 6.13. The molecule has 25 heavy (non-hydrogen) atoms. The van der Waals surface area contributed by atoms with Gasteiger partial charge in [0.1, 0.15) is 23.5 Å². The fourth-order valence-electron chi connectivity index (χ4n) is 2.74. The molecule has 3 rings (SSSR count). The molecule has 0 saturated heterocycles. The topological polar surface area (TPSA) is 77.1 Å². The van der Waals surface area contributed by atoms with Crippen LogP contribution in [-0.4, -0.2) is 15.5 Å². The van der Waals surface area contributed by atoms with E-state index in [-0.39, 0.29) is 11.5 Å². The van der Waals surface area contributed by atoms with Gasteiger partial charge in [-0.1, -0.05) is 18.5 Å². The molecule has 130 valence electrons. The van der Waals surface area contributed by atoms with Crippen molar-refractivity contribution in [1.82, 2.24) is 9.55 Å². The molecule has 0 bridgehead atoms. The molecule has 0 aliphatic heterocycles. The summed E-state index contributed by atoms with van der Waals surface area (Å²) >= 11 is 5.85. The van der Waals surface area contributed by atoms with E-state index in [2.05, 4.69) is 10.3 Å². The minimum absolute atomic E-state index is 0.280. The van der Waals surface area contributed by atoms with Gasteiger partial charge >= 0.3 is 0 Å². The summed E-state index contributed by atoms with van der Waals surface area (Å²) in [6.45, 7) is 5.44. The zero-order valence-electron chi connectivity index (χ0n) is 14.2. The number of aromatic nitrogens is 2. The predicted octanol–water partition coefficient (Wildman–Crippen LogP) is 3.85. The number of fused-ring (bicyclic) bond motifs is 1. The van der Waals surface area contributed by atoms with E-state index in [9.17, 15) is 9.59 Å². The van der Waals surface area contributed by atoms with Crippen LogP contribution in [0.1, 0.15) is 30.7 Å². The van der Waals surface area contributed by atoms with E-state index in [0.717, 1.165) is 5.56 Å². The van der Waals surface area contributed by atoms with Crippen molar-refractivity contribution in [2.45, 2.75) is 33.2 Å². The van der Waals surface area contributed by atoms with Gasteiger partial charge in [-0.2, -0.15) is 0 Å². The quantitative estimate of drug-likeness (QED) is 0.767. The highest BCUT2D eigenvalue weighted by molar-refractivity contribution is 6.30. The van der Waals surface area contributed by atoms with Crippen molar-refractivity contribution in [2.24, 2.45) is 0 Å². The number of halogens is 1. The molecule has 1 atom stereocenters. The number of rotatable bonds is 4. The standard InChI is InChI=1S/C18H18ClN3O3/c1-4-14(16(23)21-13-7-5-12(19)6-8-13)22-9-20-17-15(18(22)24)10(2)11(3)25-17/h5-9,14H,4H2,1-3H3,(H,21,23)/t14-/m0/s1. The van der Waals surface area contributed by atoms with Crippen molar-refractivity contribution in [3.8, 4) is 0 Å². The molecular weight excluding hydrogens is 342 g/mol. The first kappa shape index (κ1) is 17.2. The molecule has 0 spiro atoms. The molecular formula is C18H18ClN3O3. The first-order valence-corrected chi connectivity index (χ1v) is 8.33. The second-order valence-electron chi connectivity index (χ2n) is 5.84. The van der Waals surface area contributed by atoms with Gasteiger partial charge in [0.05, 0.1) is 0 Å². The van der Waals surface area contributed by atoms with Crippen LogP contribution in [0.2, 0.25) is 5.02 Å². The van der Waals surface area contributed by atoms with Crippen LogP contribution in [0.5, 0.6) is 0 Å². The average Bonchev–Trinajstić information content (AvgIpc) is 2.88. The summed E-state index contributed by atoms with van der Waals surface area (Å²) in [7, 11) is 0. The van der Waals surface area contributed by atoms with Crippen molar-refractivity contribution in [3.63, 3.8) is 0 Å². The Bertz CT molecular complexity index is 989. The van der Waals surface area contributed by atoms with Crippen LogP contribution in [0.4, 0.5) is 5.69 Å². The Morgan fingerprint density at radius 1 is 1.32 bits per heavy atom. The number of hydrogen-bond acceptors (Lipinski definition) is 4. The highest BCUT2D eigenvalue weighted by atomic mass is 35.5. The molecule has 2 aromatic heterocycles. The van der Waals surface area contributed by atoms with Gasteiger partial charge in [-0.15, -0.1) is 0 Å². The van der Waals surface area contributed by atoms with Crippen LogP contribution >= 0.6 is 11.6 Å². The molecule has 1 aromatic carbocycles. The van der Waals surface area contributed by atoms with Crippen molar-refractivity contribution in [2.75, 3.05) is 5.32 Å². The molecule has 7 heteroatoms. The summed E-state index contributed by atoms with van der Waals surface area (Å²) in [5.74, 6) is 0.363. The average molecular weight is 360 g/mol. The number of amides is 1. The SMILES string of the molecule is CC[C@@H](C(=O)Nc1ccc(Cl)cc1)n1cnc2oc(C)c(C)c2c1=O. The smallest absolute Gasteiger partial charge is 0.265 e. The zero-order chi connectivity index (χ0) is 18.1. The van der Waals surface area contributed by atoms with E-state index in [0.29, 0.717) is 34.0 Å². The van der Waals surface area contributed by atoms with Crippen molar-refractivity contribution in [3.05, 3.63) is 57.3 Å². The van der Waals surface area contributed by atoms with Crippen molar-refractivity contribution >= 4 is 34.3 Å². The van der Waals surface area contributed by atoms with Gasteiger partial charge < -0.3 is 9.73 Å². The second-order valence-corrected chi connectivity index (χ2v) is 6.28. The Hall–Kier alpha value is -2.60. The number of nitrogens with one attached hydrogen (secondary N) is 1. The fraction of sp³-hybridized carbons (Fsp3) is 0.278. The van der Waals surface area contributed by atoms with Crippen LogP contribution in [0.15, 0.2) is 39.8 Å². The molecule has 1 amide bonds. The Morgan fingerprint density at radius 2 is 2.00 bits per heavy atom. The number of hydrogen-bond donors (Lipinski definition) is 1. The summed E-state index contributed by atoms with van der Waals surface area (Å²) in [6.07, 6.45) is 1.81. The van der Waals surface area contributed by atoms with Crippen LogP contribution < -0.4 is 10.9 Å². The lowest BCUT2D eigenvalue weighted by atomic mass is 10.1. The molecule has 0 aliphatic carbocycles. The summed E-state index contributed by atoms with van der Waals surface area (Å²) < 4.78 is 6.83. The number of furan rings is 1. The van der Waals surface area contributed by atoms with E-state index >= 15 is 0 Å². The van der Waals surface area contributed by atoms with Crippen molar-refractivity contribution < 1.29 is 9.21 Å². The summed E-state index contributed by atoms with van der Waals surface area (Å²) in [4.78, 5) is 29.7. The maximum absolute atomic E-state index is 12.8.